The number of pyridine rings is 1. The lowest BCUT2D eigenvalue weighted by molar-refractivity contribution is -0.154. The number of alkyl halides is 3. The molecule has 0 bridgehead atoms. The third-order valence-corrected chi connectivity index (χ3v) is 3.26. The summed E-state index contributed by atoms with van der Waals surface area (Å²) < 4.78 is 46.2. The first-order valence-corrected chi connectivity index (χ1v) is 7.12. The van der Waals surface area contributed by atoms with Crippen molar-refractivity contribution in [3.63, 3.8) is 0 Å². The Labute approximate surface area is 131 Å². The molecule has 0 spiro atoms. The van der Waals surface area contributed by atoms with E-state index in [9.17, 15) is 18.0 Å². The molecule has 2 rings (SSSR count). The maximum absolute atomic E-state index is 12.1. The van der Waals surface area contributed by atoms with E-state index in [1.807, 2.05) is 6.92 Å². The fourth-order valence-corrected chi connectivity index (χ4v) is 2.10. The fraction of sp³-hybridized carbons (Fsp3) is 0.571. The Kier molecular flexibility index (Phi) is 5.64. The first-order chi connectivity index (χ1) is 10.8. The van der Waals surface area contributed by atoms with Crippen molar-refractivity contribution in [3.8, 4) is 5.88 Å². The molecular weight excluding hydrogens is 315 g/mol. The van der Waals surface area contributed by atoms with Crippen LogP contribution < -0.4 is 10.1 Å². The standard InChI is InChI=1S/C14H18F3N3O3/c1-10-8-22-5-4-20(10)13(21)19-7-11-2-3-18-12(6-11)23-9-14(15,16)17/h2-3,6,10H,4-5,7-9H2,1H3,(H,19,21). The molecule has 1 unspecified atom stereocenters. The van der Waals surface area contributed by atoms with Gasteiger partial charge in [0, 0.05) is 25.4 Å². The van der Waals surface area contributed by atoms with E-state index < -0.39 is 12.8 Å². The van der Waals surface area contributed by atoms with Crippen LogP contribution in [0.1, 0.15) is 12.5 Å². The van der Waals surface area contributed by atoms with Crippen LogP contribution in [0.25, 0.3) is 0 Å². The highest BCUT2D eigenvalue weighted by Crippen LogP contribution is 2.17. The molecule has 128 valence electrons. The Balaban J connectivity index is 1.86. The number of nitrogens with zero attached hydrogens (tertiary/aromatic N) is 2. The van der Waals surface area contributed by atoms with Gasteiger partial charge < -0.3 is 19.7 Å². The molecule has 1 saturated heterocycles. The number of carbonyl (C=O) groups excluding carboxylic acids is 1. The van der Waals surface area contributed by atoms with E-state index >= 15 is 0 Å². The summed E-state index contributed by atoms with van der Waals surface area (Å²) in [5.41, 5.74) is 0.603. The Hall–Kier alpha value is -2.03. The first-order valence-electron chi connectivity index (χ1n) is 7.12. The molecule has 1 aliphatic heterocycles. The topological polar surface area (TPSA) is 63.7 Å². The van der Waals surface area contributed by atoms with E-state index in [0.29, 0.717) is 25.3 Å². The van der Waals surface area contributed by atoms with Crippen molar-refractivity contribution < 1.29 is 27.4 Å². The van der Waals surface area contributed by atoms with E-state index in [1.54, 1.807) is 11.0 Å². The van der Waals surface area contributed by atoms with Crippen molar-refractivity contribution in [2.75, 3.05) is 26.4 Å². The highest BCUT2D eigenvalue weighted by molar-refractivity contribution is 5.74. The number of carbonyl (C=O) groups is 1. The molecule has 1 aliphatic rings. The summed E-state index contributed by atoms with van der Waals surface area (Å²) in [7, 11) is 0. The van der Waals surface area contributed by atoms with Gasteiger partial charge in [-0.2, -0.15) is 13.2 Å². The lowest BCUT2D eigenvalue weighted by Crippen LogP contribution is -2.51. The van der Waals surface area contributed by atoms with Crippen LogP contribution in [0.5, 0.6) is 5.88 Å². The van der Waals surface area contributed by atoms with Crippen LogP contribution in [0.3, 0.4) is 0 Å². The van der Waals surface area contributed by atoms with Crippen LogP contribution in [0.15, 0.2) is 18.3 Å². The van der Waals surface area contributed by atoms with Crippen LogP contribution in [0.4, 0.5) is 18.0 Å². The van der Waals surface area contributed by atoms with Crippen molar-refractivity contribution >= 4 is 6.03 Å². The van der Waals surface area contributed by atoms with Crippen molar-refractivity contribution in [2.24, 2.45) is 0 Å². The van der Waals surface area contributed by atoms with Gasteiger partial charge in [0.2, 0.25) is 5.88 Å². The minimum atomic E-state index is -4.42. The summed E-state index contributed by atoms with van der Waals surface area (Å²) in [5, 5.41) is 2.72. The molecule has 0 aromatic carbocycles. The largest absolute Gasteiger partial charge is 0.468 e. The summed E-state index contributed by atoms with van der Waals surface area (Å²) >= 11 is 0. The Bertz CT molecular complexity index is 539. The van der Waals surface area contributed by atoms with Gasteiger partial charge >= 0.3 is 12.2 Å². The number of hydrogen-bond acceptors (Lipinski definition) is 4. The molecule has 0 aliphatic carbocycles. The number of aromatic nitrogens is 1. The first kappa shape index (κ1) is 17.3. The molecule has 2 heterocycles. The van der Waals surface area contributed by atoms with Gasteiger partial charge in [-0.15, -0.1) is 0 Å². The van der Waals surface area contributed by atoms with Crippen molar-refractivity contribution in [1.29, 1.82) is 0 Å². The normalized spacial score (nSPS) is 18.6. The maximum Gasteiger partial charge on any atom is 0.422 e. The Morgan fingerprint density at radius 2 is 2.35 bits per heavy atom. The van der Waals surface area contributed by atoms with Crippen LogP contribution in [0.2, 0.25) is 0 Å². The summed E-state index contributed by atoms with van der Waals surface area (Å²) in [4.78, 5) is 17.5. The van der Waals surface area contributed by atoms with E-state index in [4.69, 9.17) is 4.74 Å². The lowest BCUT2D eigenvalue weighted by atomic mass is 10.2. The minimum Gasteiger partial charge on any atom is -0.468 e. The zero-order valence-corrected chi connectivity index (χ0v) is 12.6. The second-order valence-corrected chi connectivity index (χ2v) is 5.18. The fourth-order valence-electron chi connectivity index (χ4n) is 2.10. The van der Waals surface area contributed by atoms with Gasteiger partial charge in [-0.05, 0) is 18.6 Å². The highest BCUT2D eigenvalue weighted by Gasteiger charge is 2.28. The molecule has 1 aromatic heterocycles. The average molecular weight is 333 g/mol. The predicted molar refractivity (Wildman–Crippen MR) is 75.0 cm³/mol. The third-order valence-electron chi connectivity index (χ3n) is 3.26. The molecule has 9 heteroatoms. The molecule has 1 aromatic rings. The molecule has 2 amide bonds. The molecule has 6 nitrogen and oxygen atoms in total. The molecular formula is C14H18F3N3O3. The number of urea groups is 1. The number of morpholine rings is 1. The monoisotopic (exact) mass is 333 g/mol. The average Bonchev–Trinajstić information content (AvgIpc) is 2.51. The van der Waals surface area contributed by atoms with E-state index in [2.05, 4.69) is 15.0 Å². The zero-order valence-electron chi connectivity index (χ0n) is 12.6. The Morgan fingerprint density at radius 3 is 3.04 bits per heavy atom. The number of nitrogens with one attached hydrogen (secondary N) is 1. The molecule has 1 fully saturated rings. The van der Waals surface area contributed by atoms with Gasteiger partial charge in [-0.1, -0.05) is 0 Å². The van der Waals surface area contributed by atoms with E-state index in [1.165, 1.54) is 12.3 Å². The van der Waals surface area contributed by atoms with E-state index in [0.717, 1.165) is 0 Å². The second kappa shape index (κ2) is 7.49. The molecule has 1 atom stereocenters. The number of ether oxygens (including phenoxy) is 2. The summed E-state index contributed by atoms with van der Waals surface area (Å²) in [6.45, 7) is 2.13. The van der Waals surface area contributed by atoms with Crippen LogP contribution in [0, 0.1) is 0 Å². The minimum absolute atomic E-state index is 0.0214. The Morgan fingerprint density at radius 1 is 1.57 bits per heavy atom. The van der Waals surface area contributed by atoms with Gasteiger partial charge in [0.05, 0.1) is 19.3 Å². The second-order valence-electron chi connectivity index (χ2n) is 5.18. The van der Waals surface area contributed by atoms with Crippen molar-refractivity contribution in [1.82, 2.24) is 15.2 Å². The summed E-state index contributed by atoms with van der Waals surface area (Å²) in [6.07, 6.45) is -3.08. The van der Waals surface area contributed by atoms with Gasteiger partial charge in [-0.3, -0.25) is 0 Å². The number of halogens is 3. The smallest absolute Gasteiger partial charge is 0.422 e. The quantitative estimate of drug-likeness (QED) is 0.915. The molecule has 1 N–H and O–H groups in total. The SMILES string of the molecule is CC1COCCN1C(=O)NCc1ccnc(OCC(F)(F)F)c1. The number of rotatable bonds is 4. The zero-order chi connectivity index (χ0) is 16.9. The third kappa shape index (κ3) is 5.59. The van der Waals surface area contributed by atoms with Crippen molar-refractivity contribution in [2.45, 2.75) is 25.7 Å². The van der Waals surface area contributed by atoms with Crippen LogP contribution in [-0.4, -0.2) is 54.5 Å². The number of amides is 2. The number of hydrogen-bond donors (Lipinski definition) is 1. The predicted octanol–water partition coefficient (Wildman–Crippen LogP) is 1.95. The van der Waals surface area contributed by atoms with Gasteiger partial charge in [-0.25, -0.2) is 9.78 Å². The van der Waals surface area contributed by atoms with E-state index in [-0.39, 0.29) is 24.5 Å². The summed E-state index contributed by atoms with van der Waals surface area (Å²) in [6, 6.07) is 2.71. The van der Waals surface area contributed by atoms with Gasteiger partial charge in [0.25, 0.3) is 0 Å². The van der Waals surface area contributed by atoms with Crippen LogP contribution in [-0.2, 0) is 11.3 Å². The van der Waals surface area contributed by atoms with Gasteiger partial charge in [0.1, 0.15) is 0 Å². The van der Waals surface area contributed by atoms with Gasteiger partial charge in [0.15, 0.2) is 6.61 Å². The maximum atomic E-state index is 12.1. The van der Waals surface area contributed by atoms with Crippen molar-refractivity contribution in [3.05, 3.63) is 23.9 Å². The molecule has 0 saturated carbocycles. The molecule has 23 heavy (non-hydrogen) atoms. The summed E-state index contributed by atoms with van der Waals surface area (Å²) in [5.74, 6) is -0.131. The van der Waals surface area contributed by atoms with Crippen LogP contribution >= 0.6 is 0 Å². The highest BCUT2D eigenvalue weighted by atomic mass is 19.4. The molecule has 0 radical (unpaired) electrons. The lowest BCUT2D eigenvalue weighted by Gasteiger charge is -2.33.